The number of sulfone groups is 1. The van der Waals surface area contributed by atoms with E-state index in [4.69, 9.17) is 21.7 Å². The highest BCUT2D eigenvalue weighted by atomic mass is 32.2. The topological polar surface area (TPSA) is 90.0 Å². The summed E-state index contributed by atoms with van der Waals surface area (Å²) in [4.78, 5) is 27.1. The normalized spacial score (nSPS) is 27.3. The minimum absolute atomic E-state index is 0.0903. The highest BCUT2D eigenvalue weighted by Gasteiger charge is 2.71. The lowest BCUT2D eigenvalue weighted by molar-refractivity contribution is -0.173. The number of hydrogen-bond donors (Lipinski definition) is 0. The van der Waals surface area contributed by atoms with Crippen LogP contribution in [0.25, 0.3) is 0 Å². The van der Waals surface area contributed by atoms with E-state index in [9.17, 15) is 18.0 Å². The van der Waals surface area contributed by atoms with Gasteiger partial charge < -0.3 is 14.4 Å². The van der Waals surface area contributed by atoms with E-state index in [1.165, 1.54) is 0 Å². The third-order valence-electron chi connectivity index (χ3n) is 6.53. The van der Waals surface area contributed by atoms with Crippen LogP contribution in [0.2, 0.25) is 0 Å². The molecule has 2 aliphatic rings. The highest BCUT2D eigenvalue weighted by Crippen LogP contribution is 2.52. The van der Waals surface area contributed by atoms with Crippen LogP contribution < -0.4 is 0 Å². The molecule has 0 aromatic rings. The Morgan fingerprint density at radius 2 is 1.84 bits per heavy atom. The first-order valence-electron chi connectivity index (χ1n) is 11.2. The van der Waals surface area contributed by atoms with E-state index >= 15 is 0 Å². The Morgan fingerprint density at radius 1 is 1.23 bits per heavy atom. The molecule has 2 rings (SSSR count). The highest BCUT2D eigenvalue weighted by molar-refractivity contribution is 7.94. The van der Waals surface area contributed by atoms with Gasteiger partial charge in [-0.15, -0.1) is 0 Å². The standard InChI is InChI=1S/C22H37NO6S2/c1-8-10-11-12-15(24)28-13-21(4,5)29-20(25)17-22(6,7)31(26,27)19-16(14(3)9-2)18(30)23(17)19/h14,16-17,19H,8-13H2,1-7H3/t14?,16-,17+,19-/m1/s1. The van der Waals surface area contributed by atoms with Gasteiger partial charge in [-0.05, 0) is 40.0 Å². The van der Waals surface area contributed by atoms with E-state index in [1.807, 2.05) is 13.8 Å². The Labute approximate surface area is 192 Å². The quantitative estimate of drug-likeness (QED) is 0.269. The summed E-state index contributed by atoms with van der Waals surface area (Å²) in [5.74, 6) is -1.15. The molecule has 2 heterocycles. The Balaban J connectivity index is 2.12. The second kappa shape index (κ2) is 9.33. The monoisotopic (exact) mass is 475 g/mol. The van der Waals surface area contributed by atoms with Crippen molar-refractivity contribution < 1.29 is 27.5 Å². The first-order valence-corrected chi connectivity index (χ1v) is 13.1. The van der Waals surface area contributed by atoms with E-state index in [0.29, 0.717) is 11.4 Å². The summed E-state index contributed by atoms with van der Waals surface area (Å²) in [5, 5.41) is -0.790. The van der Waals surface area contributed by atoms with E-state index < -0.39 is 37.6 Å². The van der Waals surface area contributed by atoms with Crippen LogP contribution in [-0.2, 0) is 28.9 Å². The number of nitrogens with zero attached hydrogens (tertiary/aromatic N) is 1. The first kappa shape index (κ1) is 26.0. The number of rotatable bonds is 10. The molecule has 4 atom stereocenters. The summed E-state index contributed by atoms with van der Waals surface area (Å²) in [6.45, 7) is 12.4. The lowest BCUT2D eigenvalue weighted by Gasteiger charge is -2.48. The van der Waals surface area contributed by atoms with Crippen molar-refractivity contribution in [2.24, 2.45) is 11.8 Å². The maximum atomic E-state index is 13.3. The van der Waals surface area contributed by atoms with Crippen LogP contribution >= 0.6 is 12.2 Å². The zero-order valence-electron chi connectivity index (χ0n) is 19.8. The Bertz CT molecular complexity index is 820. The van der Waals surface area contributed by atoms with Crippen LogP contribution in [-0.4, -0.2) is 58.6 Å². The van der Waals surface area contributed by atoms with E-state index in [2.05, 4.69) is 6.92 Å². The Morgan fingerprint density at radius 3 is 2.39 bits per heavy atom. The number of hydrogen-bond acceptors (Lipinski definition) is 7. The number of fused-ring (bicyclic) bond motifs is 1. The summed E-state index contributed by atoms with van der Waals surface area (Å²) >= 11 is 5.55. The van der Waals surface area contributed by atoms with Crippen molar-refractivity contribution in [3.8, 4) is 0 Å². The fraction of sp³-hybridized carbons (Fsp3) is 0.864. The van der Waals surface area contributed by atoms with Crippen molar-refractivity contribution in [1.29, 1.82) is 0 Å². The van der Waals surface area contributed by atoms with Crippen molar-refractivity contribution in [3.05, 3.63) is 0 Å². The van der Waals surface area contributed by atoms with Crippen molar-refractivity contribution in [1.82, 2.24) is 4.90 Å². The number of thiocarbonyl (C=S) groups is 1. The van der Waals surface area contributed by atoms with Crippen LogP contribution in [0.3, 0.4) is 0 Å². The molecule has 0 aromatic heterocycles. The van der Waals surface area contributed by atoms with Crippen molar-refractivity contribution in [2.45, 2.75) is 102 Å². The first-order chi connectivity index (χ1) is 14.2. The number of ether oxygens (including phenoxy) is 2. The van der Waals surface area contributed by atoms with Crippen LogP contribution in [0.4, 0.5) is 0 Å². The lowest BCUT2D eigenvalue weighted by atomic mass is 9.82. The van der Waals surface area contributed by atoms with Gasteiger partial charge in [0.25, 0.3) is 0 Å². The van der Waals surface area contributed by atoms with E-state index in [0.717, 1.165) is 25.7 Å². The van der Waals surface area contributed by atoms with Gasteiger partial charge in [-0.25, -0.2) is 13.2 Å². The van der Waals surface area contributed by atoms with Gasteiger partial charge >= 0.3 is 11.9 Å². The molecule has 0 saturated carbocycles. The molecule has 9 heteroatoms. The van der Waals surface area contributed by atoms with Gasteiger partial charge in [-0.2, -0.15) is 0 Å². The molecule has 0 aliphatic carbocycles. The molecule has 7 nitrogen and oxygen atoms in total. The fourth-order valence-corrected chi connectivity index (χ4v) is 7.50. The fourth-order valence-electron chi connectivity index (χ4n) is 4.31. The third kappa shape index (κ3) is 4.77. The summed E-state index contributed by atoms with van der Waals surface area (Å²) in [6, 6.07) is -1.02. The number of carbonyl (C=O) groups is 2. The van der Waals surface area contributed by atoms with Gasteiger partial charge in [0.15, 0.2) is 9.84 Å². The number of esters is 2. The van der Waals surface area contributed by atoms with Crippen LogP contribution in [0.15, 0.2) is 0 Å². The Hall–Kier alpha value is -1.22. The summed E-state index contributed by atoms with van der Waals surface area (Å²) < 4.78 is 36.2. The van der Waals surface area contributed by atoms with E-state index in [1.54, 1.807) is 32.6 Å². The van der Waals surface area contributed by atoms with Crippen molar-refractivity contribution in [3.63, 3.8) is 0 Å². The van der Waals surface area contributed by atoms with Gasteiger partial charge in [-0.3, -0.25) is 4.79 Å². The van der Waals surface area contributed by atoms with Gasteiger partial charge in [0, 0.05) is 12.3 Å². The predicted octanol–water partition coefficient (Wildman–Crippen LogP) is 3.64. The maximum absolute atomic E-state index is 13.3. The summed E-state index contributed by atoms with van der Waals surface area (Å²) in [5.41, 5.74) is -1.09. The largest absolute Gasteiger partial charge is 0.461 e. The summed E-state index contributed by atoms with van der Waals surface area (Å²) in [7, 11) is -3.64. The smallest absolute Gasteiger partial charge is 0.331 e. The zero-order valence-corrected chi connectivity index (χ0v) is 21.4. The van der Waals surface area contributed by atoms with Crippen molar-refractivity contribution >= 4 is 39.0 Å². The molecule has 2 aliphatic heterocycles. The van der Waals surface area contributed by atoms with Crippen LogP contribution in [0.1, 0.15) is 80.6 Å². The van der Waals surface area contributed by atoms with E-state index in [-0.39, 0.29) is 24.4 Å². The SMILES string of the molecule is CCCCCC(=O)OCC(C)(C)OC(=O)[C@@H]1N2C(=S)[C@@H](C(C)CC)[C@H]2S(=O)(=O)C1(C)C. The summed E-state index contributed by atoms with van der Waals surface area (Å²) in [6.07, 6.45) is 3.85. The molecule has 0 N–H and O–H groups in total. The Kier molecular flexibility index (Phi) is 7.84. The van der Waals surface area contributed by atoms with Crippen LogP contribution in [0.5, 0.6) is 0 Å². The molecule has 0 bridgehead atoms. The molecule has 1 unspecified atom stereocenters. The molecule has 0 amide bonds. The third-order valence-corrected chi connectivity index (χ3v) is 9.86. The molecule has 178 valence electrons. The molecule has 0 spiro atoms. The maximum Gasteiger partial charge on any atom is 0.331 e. The molecule has 0 radical (unpaired) electrons. The zero-order chi connectivity index (χ0) is 23.8. The molecular formula is C22H37NO6S2. The molecular weight excluding hydrogens is 438 g/mol. The van der Waals surface area contributed by atoms with Crippen molar-refractivity contribution in [2.75, 3.05) is 6.61 Å². The van der Waals surface area contributed by atoms with Gasteiger partial charge in [0.2, 0.25) is 0 Å². The minimum Gasteiger partial charge on any atom is -0.461 e. The van der Waals surface area contributed by atoms with Gasteiger partial charge in [-0.1, -0.05) is 52.3 Å². The second-order valence-electron chi connectivity index (χ2n) is 9.90. The number of unbranched alkanes of at least 4 members (excludes halogenated alkanes) is 2. The predicted molar refractivity (Wildman–Crippen MR) is 123 cm³/mol. The lowest BCUT2D eigenvalue weighted by Crippen LogP contribution is -2.64. The average Bonchev–Trinajstić information content (AvgIpc) is 2.80. The van der Waals surface area contributed by atoms with Gasteiger partial charge in [0.1, 0.15) is 23.6 Å². The minimum atomic E-state index is -3.64. The average molecular weight is 476 g/mol. The molecule has 2 fully saturated rings. The molecule has 31 heavy (non-hydrogen) atoms. The molecule has 2 saturated heterocycles. The number of carbonyl (C=O) groups excluding carboxylic acids is 2. The van der Waals surface area contributed by atoms with Gasteiger partial charge in [0.05, 0.1) is 9.74 Å². The van der Waals surface area contributed by atoms with Crippen LogP contribution in [0, 0.1) is 11.8 Å². The molecule has 0 aromatic carbocycles. The second-order valence-corrected chi connectivity index (χ2v) is 12.9.